The molecule has 1 aromatic rings. The Balaban J connectivity index is 1.90. The van der Waals surface area contributed by atoms with Gasteiger partial charge in [0.05, 0.1) is 6.61 Å². The van der Waals surface area contributed by atoms with Gasteiger partial charge in [0.2, 0.25) is 0 Å². The Labute approximate surface area is 122 Å². The minimum atomic E-state index is 0.297. The number of ether oxygens (including phenoxy) is 2. The van der Waals surface area contributed by atoms with E-state index in [0.29, 0.717) is 12.1 Å². The average molecular weight is 277 g/mol. The van der Waals surface area contributed by atoms with Crippen LogP contribution in [0.2, 0.25) is 0 Å². The van der Waals surface area contributed by atoms with Crippen molar-refractivity contribution in [1.82, 2.24) is 5.32 Å². The second kappa shape index (κ2) is 8.15. The Hall–Kier alpha value is -1.22. The van der Waals surface area contributed by atoms with Crippen molar-refractivity contribution < 1.29 is 9.47 Å². The van der Waals surface area contributed by atoms with E-state index in [2.05, 4.69) is 19.2 Å². The van der Waals surface area contributed by atoms with E-state index in [0.717, 1.165) is 37.5 Å². The van der Waals surface area contributed by atoms with Crippen molar-refractivity contribution in [3.63, 3.8) is 0 Å². The van der Waals surface area contributed by atoms with Gasteiger partial charge in [0, 0.05) is 6.04 Å². The second-order valence-electron chi connectivity index (χ2n) is 5.42. The lowest BCUT2D eigenvalue weighted by molar-refractivity contribution is 0.115. The molecule has 2 atom stereocenters. The third-order valence-corrected chi connectivity index (χ3v) is 3.75. The van der Waals surface area contributed by atoms with Gasteiger partial charge in [-0.2, -0.15) is 0 Å². The minimum Gasteiger partial charge on any atom is -0.494 e. The molecule has 0 aliphatic heterocycles. The van der Waals surface area contributed by atoms with Crippen molar-refractivity contribution in [1.29, 1.82) is 0 Å². The molecule has 1 aromatic carbocycles. The van der Waals surface area contributed by atoms with E-state index in [1.807, 2.05) is 24.3 Å². The van der Waals surface area contributed by atoms with Crippen molar-refractivity contribution in [3.05, 3.63) is 24.3 Å². The molecule has 1 saturated carbocycles. The first-order valence-corrected chi connectivity index (χ1v) is 7.96. The molecular weight excluding hydrogens is 250 g/mol. The van der Waals surface area contributed by atoms with Crippen LogP contribution in [-0.2, 0) is 0 Å². The molecule has 1 fully saturated rings. The van der Waals surface area contributed by atoms with Crippen LogP contribution in [-0.4, -0.2) is 25.3 Å². The zero-order valence-electron chi connectivity index (χ0n) is 12.7. The summed E-state index contributed by atoms with van der Waals surface area (Å²) in [6, 6.07) is 8.52. The van der Waals surface area contributed by atoms with Gasteiger partial charge in [0.1, 0.15) is 17.6 Å². The Morgan fingerprint density at radius 1 is 1.05 bits per heavy atom. The molecule has 0 aromatic heterocycles. The molecule has 1 aliphatic rings. The average Bonchev–Trinajstić information content (AvgIpc) is 2.49. The number of benzene rings is 1. The van der Waals surface area contributed by atoms with Crippen molar-refractivity contribution in [2.75, 3.05) is 13.2 Å². The second-order valence-corrected chi connectivity index (χ2v) is 5.42. The Bertz CT molecular complexity index is 375. The standard InChI is InChI=1S/C17H27NO2/c1-3-13-19-14-9-11-15(12-10-14)20-17-8-6-5-7-16(17)18-4-2/h9-12,16-18H,3-8,13H2,1-2H3. The lowest BCUT2D eigenvalue weighted by Crippen LogP contribution is -2.45. The van der Waals surface area contributed by atoms with Crippen LogP contribution < -0.4 is 14.8 Å². The van der Waals surface area contributed by atoms with Gasteiger partial charge in [-0.15, -0.1) is 0 Å². The van der Waals surface area contributed by atoms with Gasteiger partial charge >= 0.3 is 0 Å². The molecule has 0 heterocycles. The van der Waals surface area contributed by atoms with E-state index >= 15 is 0 Å². The Morgan fingerprint density at radius 3 is 2.45 bits per heavy atom. The first kappa shape index (κ1) is 15.2. The topological polar surface area (TPSA) is 30.5 Å². The normalized spacial score (nSPS) is 22.5. The zero-order valence-corrected chi connectivity index (χ0v) is 12.7. The van der Waals surface area contributed by atoms with Gasteiger partial charge in [-0.25, -0.2) is 0 Å². The number of rotatable bonds is 7. The van der Waals surface area contributed by atoms with E-state index in [1.165, 1.54) is 19.3 Å². The molecule has 3 heteroatoms. The van der Waals surface area contributed by atoms with Gasteiger partial charge in [0.25, 0.3) is 0 Å². The smallest absolute Gasteiger partial charge is 0.120 e. The molecule has 0 amide bonds. The molecule has 0 radical (unpaired) electrons. The quantitative estimate of drug-likeness (QED) is 0.823. The molecular formula is C17H27NO2. The molecule has 2 unspecified atom stereocenters. The van der Waals surface area contributed by atoms with Crippen LogP contribution in [0.1, 0.15) is 46.0 Å². The molecule has 1 N–H and O–H groups in total. The van der Waals surface area contributed by atoms with Gasteiger partial charge < -0.3 is 14.8 Å². The van der Waals surface area contributed by atoms with E-state index < -0.39 is 0 Å². The van der Waals surface area contributed by atoms with Crippen molar-refractivity contribution in [3.8, 4) is 11.5 Å². The highest BCUT2D eigenvalue weighted by Gasteiger charge is 2.25. The third kappa shape index (κ3) is 4.41. The van der Waals surface area contributed by atoms with Gasteiger partial charge in [-0.1, -0.05) is 20.3 Å². The zero-order chi connectivity index (χ0) is 14.2. The first-order chi connectivity index (χ1) is 9.83. The lowest BCUT2D eigenvalue weighted by atomic mass is 9.92. The molecule has 2 rings (SSSR count). The first-order valence-electron chi connectivity index (χ1n) is 7.96. The fraction of sp³-hybridized carbons (Fsp3) is 0.647. The predicted molar refractivity (Wildman–Crippen MR) is 82.6 cm³/mol. The highest BCUT2D eigenvalue weighted by Crippen LogP contribution is 2.25. The summed E-state index contributed by atoms with van der Waals surface area (Å²) in [7, 11) is 0. The largest absolute Gasteiger partial charge is 0.494 e. The molecule has 112 valence electrons. The summed E-state index contributed by atoms with van der Waals surface area (Å²) in [6.07, 6.45) is 6.27. The van der Waals surface area contributed by atoms with Gasteiger partial charge in [-0.3, -0.25) is 0 Å². The van der Waals surface area contributed by atoms with Crippen LogP contribution in [0.15, 0.2) is 24.3 Å². The maximum absolute atomic E-state index is 6.16. The van der Waals surface area contributed by atoms with Gasteiger partial charge in [-0.05, 0) is 56.5 Å². The molecule has 0 bridgehead atoms. The number of nitrogens with one attached hydrogen (secondary N) is 1. The van der Waals surface area contributed by atoms with E-state index in [4.69, 9.17) is 9.47 Å². The van der Waals surface area contributed by atoms with Crippen LogP contribution in [0.3, 0.4) is 0 Å². The van der Waals surface area contributed by atoms with Crippen LogP contribution in [0.5, 0.6) is 11.5 Å². The maximum Gasteiger partial charge on any atom is 0.120 e. The summed E-state index contributed by atoms with van der Waals surface area (Å²) in [5.41, 5.74) is 0. The number of likely N-dealkylation sites (N-methyl/N-ethyl adjacent to an activating group) is 1. The van der Waals surface area contributed by atoms with Crippen LogP contribution in [0, 0.1) is 0 Å². The van der Waals surface area contributed by atoms with Gasteiger partial charge in [0.15, 0.2) is 0 Å². The number of hydrogen-bond acceptors (Lipinski definition) is 3. The molecule has 20 heavy (non-hydrogen) atoms. The SMILES string of the molecule is CCCOc1ccc(OC2CCCCC2NCC)cc1. The van der Waals surface area contributed by atoms with Crippen molar-refractivity contribution in [2.45, 2.75) is 58.1 Å². The summed E-state index contributed by atoms with van der Waals surface area (Å²) < 4.78 is 11.8. The van der Waals surface area contributed by atoms with E-state index in [1.54, 1.807) is 0 Å². The van der Waals surface area contributed by atoms with Crippen molar-refractivity contribution in [2.24, 2.45) is 0 Å². The van der Waals surface area contributed by atoms with E-state index in [-0.39, 0.29) is 0 Å². The van der Waals surface area contributed by atoms with Crippen molar-refractivity contribution >= 4 is 0 Å². The fourth-order valence-electron chi connectivity index (χ4n) is 2.74. The number of hydrogen-bond donors (Lipinski definition) is 1. The summed E-state index contributed by atoms with van der Waals surface area (Å²) >= 11 is 0. The van der Waals surface area contributed by atoms with Crippen LogP contribution >= 0.6 is 0 Å². The minimum absolute atomic E-state index is 0.297. The summed E-state index contributed by atoms with van der Waals surface area (Å²) in [4.78, 5) is 0. The Morgan fingerprint density at radius 2 is 1.75 bits per heavy atom. The summed E-state index contributed by atoms with van der Waals surface area (Å²) in [5.74, 6) is 1.87. The summed E-state index contributed by atoms with van der Waals surface area (Å²) in [5, 5.41) is 3.54. The fourth-order valence-corrected chi connectivity index (χ4v) is 2.74. The Kier molecular flexibility index (Phi) is 6.19. The van der Waals surface area contributed by atoms with Crippen LogP contribution in [0.4, 0.5) is 0 Å². The summed E-state index contributed by atoms with van der Waals surface area (Å²) in [6.45, 7) is 6.05. The highest BCUT2D eigenvalue weighted by molar-refractivity contribution is 5.31. The molecule has 3 nitrogen and oxygen atoms in total. The lowest BCUT2D eigenvalue weighted by Gasteiger charge is -2.32. The van der Waals surface area contributed by atoms with Crippen LogP contribution in [0.25, 0.3) is 0 Å². The third-order valence-electron chi connectivity index (χ3n) is 3.75. The van der Waals surface area contributed by atoms with E-state index in [9.17, 15) is 0 Å². The maximum atomic E-state index is 6.16. The predicted octanol–water partition coefficient (Wildman–Crippen LogP) is 3.77. The molecule has 1 aliphatic carbocycles. The molecule has 0 spiro atoms. The highest BCUT2D eigenvalue weighted by atomic mass is 16.5. The molecule has 0 saturated heterocycles. The monoisotopic (exact) mass is 277 g/mol.